The third kappa shape index (κ3) is 4.23. The molecule has 0 spiro atoms. The van der Waals surface area contributed by atoms with E-state index in [2.05, 4.69) is 20.3 Å². The molecule has 0 saturated heterocycles. The molecule has 1 aromatic carbocycles. The lowest BCUT2D eigenvalue weighted by molar-refractivity contribution is 0.0934. The molecule has 9 heteroatoms. The SMILES string of the molecule is COc1ccc(C(=O)NC(C)c2nc(-c3ccncn3)cc(=O)n2C)c(OC)c1. The number of hydrogen-bond acceptors (Lipinski definition) is 7. The van der Waals surface area contributed by atoms with Gasteiger partial charge in [-0.25, -0.2) is 15.0 Å². The van der Waals surface area contributed by atoms with Gasteiger partial charge in [0, 0.05) is 25.4 Å². The van der Waals surface area contributed by atoms with E-state index in [4.69, 9.17) is 9.47 Å². The molecular formula is C20H21N5O4. The highest BCUT2D eigenvalue weighted by Gasteiger charge is 2.20. The lowest BCUT2D eigenvalue weighted by Crippen LogP contribution is -2.32. The zero-order valence-corrected chi connectivity index (χ0v) is 16.5. The third-order valence-corrected chi connectivity index (χ3v) is 4.40. The van der Waals surface area contributed by atoms with Gasteiger partial charge in [-0.15, -0.1) is 0 Å². The molecule has 2 heterocycles. The van der Waals surface area contributed by atoms with Crippen LogP contribution in [0.2, 0.25) is 0 Å². The average Bonchev–Trinajstić information content (AvgIpc) is 2.75. The first-order valence-corrected chi connectivity index (χ1v) is 8.81. The number of nitrogens with zero attached hydrogens (tertiary/aromatic N) is 4. The molecule has 0 fully saturated rings. The number of carbonyl (C=O) groups is 1. The molecule has 0 bridgehead atoms. The van der Waals surface area contributed by atoms with Gasteiger partial charge in [-0.05, 0) is 25.1 Å². The van der Waals surface area contributed by atoms with Crippen LogP contribution in [-0.4, -0.2) is 39.6 Å². The molecule has 2 aromatic heterocycles. The summed E-state index contributed by atoms with van der Waals surface area (Å²) in [6, 6.07) is 7.43. The van der Waals surface area contributed by atoms with Gasteiger partial charge in [-0.2, -0.15) is 0 Å². The van der Waals surface area contributed by atoms with E-state index in [1.807, 2.05) is 0 Å². The number of hydrogen-bond donors (Lipinski definition) is 1. The minimum atomic E-state index is -0.547. The summed E-state index contributed by atoms with van der Waals surface area (Å²) in [5.41, 5.74) is 1.02. The second-order valence-corrected chi connectivity index (χ2v) is 6.25. The number of benzene rings is 1. The van der Waals surface area contributed by atoms with Crippen LogP contribution in [0.4, 0.5) is 0 Å². The summed E-state index contributed by atoms with van der Waals surface area (Å²) in [5, 5.41) is 2.86. The quantitative estimate of drug-likeness (QED) is 0.677. The molecule has 1 N–H and O–H groups in total. The number of ether oxygens (including phenoxy) is 2. The number of rotatable bonds is 6. The van der Waals surface area contributed by atoms with Gasteiger partial charge in [0.15, 0.2) is 0 Å². The zero-order valence-electron chi connectivity index (χ0n) is 16.5. The van der Waals surface area contributed by atoms with Crippen molar-refractivity contribution in [1.82, 2.24) is 24.8 Å². The summed E-state index contributed by atoms with van der Waals surface area (Å²) < 4.78 is 11.8. The average molecular weight is 395 g/mol. The fourth-order valence-electron chi connectivity index (χ4n) is 2.84. The van der Waals surface area contributed by atoms with Crippen LogP contribution in [0.3, 0.4) is 0 Å². The maximum Gasteiger partial charge on any atom is 0.255 e. The van der Waals surface area contributed by atoms with Gasteiger partial charge in [0.25, 0.3) is 11.5 Å². The molecule has 1 unspecified atom stereocenters. The van der Waals surface area contributed by atoms with E-state index in [1.165, 1.54) is 31.2 Å². The molecule has 29 heavy (non-hydrogen) atoms. The van der Waals surface area contributed by atoms with E-state index in [-0.39, 0.29) is 11.5 Å². The number of amides is 1. The summed E-state index contributed by atoms with van der Waals surface area (Å²) in [4.78, 5) is 37.7. The number of aromatic nitrogens is 4. The second-order valence-electron chi connectivity index (χ2n) is 6.25. The summed E-state index contributed by atoms with van der Waals surface area (Å²) in [5.74, 6) is 0.990. The Balaban J connectivity index is 1.91. The highest BCUT2D eigenvalue weighted by Crippen LogP contribution is 2.25. The first-order valence-electron chi connectivity index (χ1n) is 8.81. The predicted molar refractivity (Wildman–Crippen MR) is 106 cm³/mol. The molecule has 1 amide bonds. The number of carbonyl (C=O) groups excluding carboxylic acids is 1. The van der Waals surface area contributed by atoms with Crippen LogP contribution in [0.15, 0.2) is 47.7 Å². The Morgan fingerprint density at radius 1 is 1.14 bits per heavy atom. The van der Waals surface area contributed by atoms with E-state index in [1.54, 1.807) is 44.4 Å². The Morgan fingerprint density at radius 2 is 1.93 bits per heavy atom. The smallest absolute Gasteiger partial charge is 0.255 e. The van der Waals surface area contributed by atoms with Crippen molar-refractivity contribution in [2.24, 2.45) is 7.05 Å². The molecule has 0 aliphatic rings. The van der Waals surface area contributed by atoms with Crippen LogP contribution in [0.25, 0.3) is 11.4 Å². The van der Waals surface area contributed by atoms with Crippen LogP contribution in [0, 0.1) is 0 Å². The van der Waals surface area contributed by atoms with Crippen molar-refractivity contribution in [2.75, 3.05) is 14.2 Å². The normalized spacial score (nSPS) is 11.6. The maximum atomic E-state index is 12.8. The van der Waals surface area contributed by atoms with E-state index < -0.39 is 6.04 Å². The Bertz CT molecular complexity index is 1080. The number of nitrogens with one attached hydrogen (secondary N) is 1. The minimum Gasteiger partial charge on any atom is -0.497 e. The maximum absolute atomic E-state index is 12.8. The highest BCUT2D eigenvalue weighted by molar-refractivity contribution is 5.97. The van der Waals surface area contributed by atoms with Crippen molar-refractivity contribution in [3.63, 3.8) is 0 Å². The Morgan fingerprint density at radius 3 is 2.59 bits per heavy atom. The standard InChI is InChI=1S/C20H21N5O4/c1-12(23-20(27)14-6-5-13(28-3)9-17(14)29-4)19-24-16(10-18(26)25(19)2)15-7-8-21-11-22-15/h5-12H,1-4H3,(H,23,27). The van der Waals surface area contributed by atoms with Gasteiger partial charge in [-0.3, -0.25) is 14.2 Å². The van der Waals surface area contributed by atoms with Crippen molar-refractivity contribution in [2.45, 2.75) is 13.0 Å². The Hall–Kier alpha value is -3.75. The zero-order chi connectivity index (χ0) is 21.0. The van der Waals surface area contributed by atoms with Gasteiger partial charge in [-0.1, -0.05) is 0 Å². The fourth-order valence-corrected chi connectivity index (χ4v) is 2.84. The van der Waals surface area contributed by atoms with Crippen LogP contribution < -0.4 is 20.3 Å². The van der Waals surface area contributed by atoms with Crippen LogP contribution in [0.5, 0.6) is 11.5 Å². The summed E-state index contributed by atoms with van der Waals surface area (Å²) >= 11 is 0. The molecule has 0 aliphatic carbocycles. The highest BCUT2D eigenvalue weighted by atomic mass is 16.5. The summed E-state index contributed by atoms with van der Waals surface area (Å²) in [6.07, 6.45) is 2.96. The molecule has 3 rings (SSSR count). The fraction of sp³-hybridized carbons (Fsp3) is 0.250. The lowest BCUT2D eigenvalue weighted by Gasteiger charge is -2.18. The minimum absolute atomic E-state index is 0.258. The first kappa shape index (κ1) is 20.0. The molecular weight excluding hydrogens is 374 g/mol. The molecule has 9 nitrogen and oxygen atoms in total. The van der Waals surface area contributed by atoms with E-state index >= 15 is 0 Å². The number of methoxy groups -OCH3 is 2. The lowest BCUT2D eigenvalue weighted by atomic mass is 10.1. The predicted octanol–water partition coefficient (Wildman–Crippen LogP) is 1.75. The van der Waals surface area contributed by atoms with Crippen LogP contribution in [-0.2, 0) is 7.05 Å². The Labute approximate surface area is 167 Å². The molecule has 1 atom stereocenters. The molecule has 0 radical (unpaired) electrons. The van der Waals surface area contributed by atoms with Crippen LogP contribution in [0.1, 0.15) is 29.1 Å². The van der Waals surface area contributed by atoms with Crippen molar-refractivity contribution in [1.29, 1.82) is 0 Å². The molecule has 0 saturated carbocycles. The van der Waals surface area contributed by atoms with Gasteiger partial charge in [0.2, 0.25) is 0 Å². The first-order chi connectivity index (χ1) is 13.9. The molecule has 150 valence electrons. The summed E-state index contributed by atoms with van der Waals surface area (Å²) in [7, 11) is 4.61. The van der Waals surface area contributed by atoms with Gasteiger partial charge in [0.1, 0.15) is 23.7 Å². The van der Waals surface area contributed by atoms with Crippen molar-refractivity contribution >= 4 is 5.91 Å². The monoisotopic (exact) mass is 395 g/mol. The second kappa shape index (κ2) is 8.51. The van der Waals surface area contributed by atoms with Crippen LogP contribution >= 0.6 is 0 Å². The third-order valence-electron chi connectivity index (χ3n) is 4.40. The van der Waals surface area contributed by atoms with Gasteiger partial charge >= 0.3 is 0 Å². The largest absolute Gasteiger partial charge is 0.497 e. The van der Waals surface area contributed by atoms with E-state index in [0.717, 1.165) is 0 Å². The summed E-state index contributed by atoms with van der Waals surface area (Å²) in [6.45, 7) is 1.75. The van der Waals surface area contributed by atoms with E-state index in [0.29, 0.717) is 34.3 Å². The van der Waals surface area contributed by atoms with Gasteiger partial charge in [0.05, 0.1) is 37.2 Å². The van der Waals surface area contributed by atoms with Gasteiger partial charge < -0.3 is 14.8 Å². The molecule has 0 aliphatic heterocycles. The van der Waals surface area contributed by atoms with Crippen molar-refractivity contribution in [3.8, 4) is 22.9 Å². The van der Waals surface area contributed by atoms with E-state index in [9.17, 15) is 9.59 Å². The molecule has 3 aromatic rings. The topological polar surface area (TPSA) is 108 Å². The Kier molecular flexibility index (Phi) is 5.87. The van der Waals surface area contributed by atoms with Crippen molar-refractivity contribution < 1.29 is 14.3 Å². The van der Waals surface area contributed by atoms with Crippen molar-refractivity contribution in [3.05, 3.63) is 64.6 Å².